The number of aliphatic carboxylic acids is 1. The van der Waals surface area contributed by atoms with Gasteiger partial charge in [0, 0.05) is 27.8 Å². The summed E-state index contributed by atoms with van der Waals surface area (Å²) in [5, 5.41) is 10.9. The average molecular weight is 509 g/mol. The predicted molar refractivity (Wildman–Crippen MR) is 137 cm³/mol. The number of carbonyl (C=O) groups is 2. The molecule has 178 valence electrons. The molecule has 0 aliphatic carbocycles. The quantitative estimate of drug-likeness (QED) is 0.419. The van der Waals surface area contributed by atoms with E-state index in [4.69, 9.17) is 23.2 Å². The van der Waals surface area contributed by atoms with E-state index < -0.39 is 11.4 Å². The minimum Gasteiger partial charge on any atom is -0.481 e. The second-order valence-electron chi connectivity index (χ2n) is 10.3. The molecule has 2 aromatic carbocycles. The zero-order valence-corrected chi connectivity index (χ0v) is 21.8. The van der Waals surface area contributed by atoms with Gasteiger partial charge in [0.05, 0.1) is 17.9 Å². The molecule has 3 rings (SSSR count). The number of amides is 1. The molecule has 4 atom stereocenters. The van der Waals surface area contributed by atoms with Crippen LogP contribution >= 0.6 is 35.8 Å². The molecule has 2 aromatic rings. The summed E-state index contributed by atoms with van der Waals surface area (Å²) in [5.41, 5.74) is 0.589. The van der Waals surface area contributed by atoms with Crippen molar-refractivity contribution in [3.05, 3.63) is 69.7 Å². The Kier molecular flexibility index (Phi) is 7.77. The van der Waals surface area contributed by atoms with Crippen LogP contribution in [0.5, 0.6) is 0 Å². The van der Waals surface area contributed by atoms with E-state index in [0.29, 0.717) is 22.2 Å². The van der Waals surface area contributed by atoms with Crippen LogP contribution in [0.1, 0.15) is 63.6 Å². The summed E-state index contributed by atoms with van der Waals surface area (Å²) in [7, 11) is 0. The zero-order chi connectivity index (χ0) is 24.6. The second kappa shape index (κ2) is 9.89. The molecule has 7 heteroatoms. The number of likely N-dealkylation sites (tertiary alicyclic amines) is 1. The molecule has 0 bridgehead atoms. The molecule has 1 unspecified atom stereocenters. The van der Waals surface area contributed by atoms with Crippen LogP contribution in [0.3, 0.4) is 0 Å². The fourth-order valence-electron chi connectivity index (χ4n) is 5.00. The maximum absolute atomic E-state index is 14.1. The smallest absolute Gasteiger partial charge is 0.304 e. The Balaban J connectivity index is 2.28. The number of hydrogen-bond acceptors (Lipinski definition) is 3. The molecule has 1 saturated heterocycles. The number of nitrogens with zero attached hydrogens (tertiary/aromatic N) is 1. The molecule has 1 aliphatic rings. The van der Waals surface area contributed by atoms with Gasteiger partial charge < -0.3 is 10.0 Å². The summed E-state index contributed by atoms with van der Waals surface area (Å²) >= 11 is 17.2. The fraction of sp³-hybridized carbons (Fsp3) is 0.462. The third-order valence-electron chi connectivity index (χ3n) is 6.64. The Morgan fingerprint density at radius 1 is 1.15 bits per heavy atom. The van der Waals surface area contributed by atoms with Gasteiger partial charge in [-0.2, -0.15) is 12.6 Å². The van der Waals surface area contributed by atoms with Gasteiger partial charge in [0.15, 0.2) is 0 Å². The molecule has 33 heavy (non-hydrogen) atoms. The summed E-state index contributed by atoms with van der Waals surface area (Å²) in [6, 6.07) is 14.6. The zero-order valence-electron chi connectivity index (χ0n) is 19.4. The van der Waals surface area contributed by atoms with Gasteiger partial charge in [-0.3, -0.25) is 9.59 Å². The molecule has 4 nitrogen and oxygen atoms in total. The summed E-state index contributed by atoms with van der Waals surface area (Å²) < 4.78 is 0. The van der Waals surface area contributed by atoms with E-state index in [2.05, 4.69) is 33.4 Å². The standard InChI is InChI=1S/C26H31Cl2NO3S/c1-25(2,3)21(15-33)29-23(16-8-10-18(27)11-9-16)20(17-6-5-7-19(28)12-17)13-26(4,24(29)32)14-22(30)31/h5-12,20-21,23,33H,13-15H2,1-4H3,(H,30,31)/t20-,21-,23?,26-/m1/s1. The van der Waals surface area contributed by atoms with Crippen molar-refractivity contribution in [1.29, 1.82) is 0 Å². The van der Waals surface area contributed by atoms with E-state index in [1.165, 1.54) is 0 Å². The first-order valence-electron chi connectivity index (χ1n) is 11.0. The van der Waals surface area contributed by atoms with Gasteiger partial charge in [0.1, 0.15) is 0 Å². The number of piperidine rings is 1. The number of carbonyl (C=O) groups excluding carboxylic acids is 1. The molecule has 1 amide bonds. The number of carboxylic acids is 1. The van der Waals surface area contributed by atoms with Crippen LogP contribution in [0.15, 0.2) is 48.5 Å². The summed E-state index contributed by atoms with van der Waals surface area (Å²) in [4.78, 5) is 27.8. The van der Waals surface area contributed by atoms with Crippen LogP contribution in [0, 0.1) is 10.8 Å². The van der Waals surface area contributed by atoms with E-state index in [9.17, 15) is 14.7 Å². The number of carboxylic acid groups (broad SMARTS) is 1. The molecule has 0 radical (unpaired) electrons. The summed E-state index contributed by atoms with van der Waals surface area (Å²) in [5.74, 6) is -0.849. The predicted octanol–water partition coefficient (Wildman–Crippen LogP) is 6.88. The first kappa shape index (κ1) is 25.9. The third kappa shape index (κ3) is 5.52. The van der Waals surface area contributed by atoms with Crippen LogP contribution in [0.25, 0.3) is 0 Å². The lowest BCUT2D eigenvalue weighted by molar-refractivity contribution is -0.162. The van der Waals surface area contributed by atoms with E-state index in [1.807, 2.05) is 53.4 Å². The van der Waals surface area contributed by atoms with Crippen molar-refractivity contribution >= 4 is 47.7 Å². The lowest BCUT2D eigenvalue weighted by atomic mass is 9.66. The van der Waals surface area contributed by atoms with Crippen LogP contribution < -0.4 is 0 Å². The molecule has 1 N–H and O–H groups in total. The molecule has 0 saturated carbocycles. The topological polar surface area (TPSA) is 57.6 Å². The maximum Gasteiger partial charge on any atom is 0.304 e. The number of halogens is 2. The number of rotatable bonds is 6. The monoisotopic (exact) mass is 507 g/mol. The van der Waals surface area contributed by atoms with Crippen molar-refractivity contribution in [2.45, 2.75) is 58.5 Å². The normalized spacial score (nSPS) is 24.6. The second-order valence-corrected chi connectivity index (χ2v) is 11.5. The number of benzene rings is 2. The Labute approximate surface area is 211 Å². The number of hydrogen-bond donors (Lipinski definition) is 2. The highest BCUT2D eigenvalue weighted by Crippen LogP contribution is 2.53. The lowest BCUT2D eigenvalue weighted by Crippen LogP contribution is -2.59. The van der Waals surface area contributed by atoms with Crippen molar-refractivity contribution in [2.75, 3.05) is 5.75 Å². The van der Waals surface area contributed by atoms with Gasteiger partial charge in [0.25, 0.3) is 0 Å². The fourth-order valence-corrected chi connectivity index (χ4v) is 6.05. The van der Waals surface area contributed by atoms with Gasteiger partial charge in [-0.1, -0.05) is 75.2 Å². The third-order valence-corrected chi connectivity index (χ3v) is 7.47. The van der Waals surface area contributed by atoms with Crippen LogP contribution in [0.4, 0.5) is 0 Å². The van der Waals surface area contributed by atoms with E-state index >= 15 is 0 Å². The van der Waals surface area contributed by atoms with Crippen molar-refractivity contribution in [3.63, 3.8) is 0 Å². The van der Waals surface area contributed by atoms with Crippen molar-refractivity contribution < 1.29 is 14.7 Å². The first-order chi connectivity index (χ1) is 15.4. The Bertz CT molecular complexity index is 1020. The van der Waals surface area contributed by atoms with Crippen molar-refractivity contribution in [2.24, 2.45) is 10.8 Å². The molecular weight excluding hydrogens is 477 g/mol. The highest BCUT2D eigenvalue weighted by atomic mass is 35.5. The van der Waals surface area contributed by atoms with Crippen LogP contribution in [0.2, 0.25) is 10.0 Å². The van der Waals surface area contributed by atoms with Gasteiger partial charge >= 0.3 is 5.97 Å². The molecule has 0 spiro atoms. The SMILES string of the molecule is CC(C)(C)[C@@H](CS)N1C(=O)[C@@](C)(CC(=O)O)C[C@H](c2cccc(Cl)c2)C1c1ccc(Cl)cc1. The van der Waals surface area contributed by atoms with Crippen molar-refractivity contribution in [3.8, 4) is 0 Å². The summed E-state index contributed by atoms with van der Waals surface area (Å²) in [6.07, 6.45) is 0.155. The van der Waals surface area contributed by atoms with E-state index in [0.717, 1.165) is 11.1 Å². The average Bonchev–Trinajstić information content (AvgIpc) is 2.71. The van der Waals surface area contributed by atoms with Crippen LogP contribution in [-0.4, -0.2) is 33.7 Å². The molecule has 1 heterocycles. The molecular formula is C26H31Cl2NO3S. The van der Waals surface area contributed by atoms with Gasteiger partial charge in [-0.05, 0) is 47.2 Å². The van der Waals surface area contributed by atoms with Gasteiger partial charge in [0.2, 0.25) is 5.91 Å². The Hall–Kier alpha value is -1.69. The molecule has 1 fully saturated rings. The highest BCUT2D eigenvalue weighted by molar-refractivity contribution is 7.80. The minimum absolute atomic E-state index is 0.155. The largest absolute Gasteiger partial charge is 0.481 e. The highest BCUT2D eigenvalue weighted by Gasteiger charge is 2.53. The van der Waals surface area contributed by atoms with Crippen LogP contribution in [-0.2, 0) is 9.59 Å². The number of thiol groups is 1. The first-order valence-corrected chi connectivity index (χ1v) is 12.4. The van der Waals surface area contributed by atoms with E-state index in [-0.39, 0.29) is 35.7 Å². The minimum atomic E-state index is -1.06. The lowest BCUT2D eigenvalue weighted by Gasteiger charge is -2.54. The summed E-state index contributed by atoms with van der Waals surface area (Å²) in [6.45, 7) is 8.01. The Morgan fingerprint density at radius 3 is 2.30 bits per heavy atom. The Morgan fingerprint density at radius 2 is 1.79 bits per heavy atom. The molecule has 1 aliphatic heterocycles. The van der Waals surface area contributed by atoms with E-state index in [1.54, 1.807) is 6.92 Å². The van der Waals surface area contributed by atoms with Gasteiger partial charge in [-0.25, -0.2) is 0 Å². The van der Waals surface area contributed by atoms with Gasteiger partial charge in [-0.15, -0.1) is 0 Å². The maximum atomic E-state index is 14.1. The van der Waals surface area contributed by atoms with Crippen molar-refractivity contribution in [1.82, 2.24) is 4.90 Å². The molecule has 0 aromatic heterocycles.